The number of benzene rings is 1. The van der Waals surface area contributed by atoms with Gasteiger partial charge in [-0.3, -0.25) is 0 Å². The second-order valence-corrected chi connectivity index (χ2v) is 5.82. The second-order valence-electron chi connectivity index (χ2n) is 4.82. The first kappa shape index (κ1) is 24.6. The Morgan fingerprint density at radius 1 is 1.21 bits per heavy atom. The average Bonchev–Trinajstić information content (AvgIpc) is 2.57. The van der Waals surface area contributed by atoms with Crippen molar-refractivity contribution >= 4 is 45.9 Å². The molecule has 0 aromatic heterocycles. The van der Waals surface area contributed by atoms with Crippen LogP contribution in [0.4, 0.5) is 0 Å². The number of carboxylic acids is 2. The summed E-state index contributed by atoms with van der Waals surface area (Å²) < 4.78 is 1.48. The maximum absolute atomic E-state index is 10.4. The summed E-state index contributed by atoms with van der Waals surface area (Å²) in [5, 5.41) is 16.1. The summed E-state index contributed by atoms with van der Waals surface area (Å²) in [5.41, 5.74) is 1.27. The zero-order chi connectivity index (χ0) is 18.8. The molecule has 0 saturated carbocycles. The first-order valence-electron chi connectivity index (χ1n) is 7.86. The van der Waals surface area contributed by atoms with Gasteiger partial charge in [-0.2, -0.15) is 0 Å². The van der Waals surface area contributed by atoms with Crippen molar-refractivity contribution in [3.05, 3.63) is 66.8 Å². The summed E-state index contributed by atoms with van der Waals surface area (Å²) >= 11 is 1.40. The van der Waals surface area contributed by atoms with Crippen molar-refractivity contribution in [2.24, 2.45) is 0 Å². The van der Waals surface area contributed by atoms with Crippen LogP contribution < -0.4 is 0 Å². The van der Waals surface area contributed by atoms with Crippen molar-refractivity contribution < 1.29 is 19.8 Å². The SMILES string of the molecule is C=C(CC=Cc1ccccc1)C(=O)O.C=CC(=O)O.CCC[CH2][Na]. The topological polar surface area (TPSA) is 74.6 Å². The van der Waals surface area contributed by atoms with Gasteiger partial charge >= 0.3 is 63.3 Å². The molecular weight excluding hydrogens is 315 g/mol. The summed E-state index contributed by atoms with van der Waals surface area (Å²) in [5.74, 6) is -1.92. The van der Waals surface area contributed by atoms with E-state index < -0.39 is 11.9 Å². The predicted molar refractivity (Wildman–Crippen MR) is 100 cm³/mol. The molecule has 0 amide bonds. The predicted octanol–water partition coefficient (Wildman–Crippen LogP) is 4.36. The van der Waals surface area contributed by atoms with E-state index in [1.54, 1.807) is 6.08 Å². The van der Waals surface area contributed by atoms with E-state index in [-0.39, 0.29) is 5.57 Å². The monoisotopic (exact) mass is 340 g/mol. The van der Waals surface area contributed by atoms with Crippen molar-refractivity contribution in [1.82, 2.24) is 0 Å². The van der Waals surface area contributed by atoms with Gasteiger partial charge in [0.1, 0.15) is 0 Å². The maximum atomic E-state index is 10.4. The first-order chi connectivity index (χ1) is 11.4. The summed E-state index contributed by atoms with van der Waals surface area (Å²) in [6, 6.07) is 9.73. The third-order valence-electron chi connectivity index (χ3n) is 2.66. The minimum atomic E-state index is -0.981. The molecule has 0 heterocycles. The molecule has 0 bridgehead atoms. The van der Waals surface area contributed by atoms with Crippen LogP contribution in [-0.2, 0) is 9.59 Å². The summed E-state index contributed by atoms with van der Waals surface area (Å²) in [4.78, 5) is 19.7. The molecule has 0 aliphatic heterocycles. The average molecular weight is 340 g/mol. The van der Waals surface area contributed by atoms with Crippen LogP contribution in [-0.4, -0.2) is 50.1 Å². The number of unbranched alkanes of at least 4 members (excludes halogenated alkanes) is 1. The van der Waals surface area contributed by atoms with Gasteiger partial charge in [0, 0.05) is 11.6 Å². The third-order valence-corrected chi connectivity index (χ3v) is 3.37. The number of aliphatic carboxylic acids is 2. The van der Waals surface area contributed by atoms with E-state index in [2.05, 4.69) is 20.1 Å². The molecule has 24 heavy (non-hydrogen) atoms. The number of hydrogen-bond acceptors (Lipinski definition) is 2. The molecule has 4 nitrogen and oxygen atoms in total. The Labute approximate surface area is 162 Å². The molecule has 0 atom stereocenters. The Bertz CT molecular complexity index is 519. The van der Waals surface area contributed by atoms with Gasteiger partial charge in [0.25, 0.3) is 0 Å². The number of allylic oxidation sites excluding steroid dienone is 1. The van der Waals surface area contributed by atoms with Gasteiger partial charge in [0.05, 0.1) is 0 Å². The first-order valence-corrected chi connectivity index (χ1v) is 9.28. The van der Waals surface area contributed by atoms with Crippen LogP contribution in [0.15, 0.2) is 61.2 Å². The fourth-order valence-corrected chi connectivity index (χ4v) is 2.05. The quantitative estimate of drug-likeness (QED) is 0.571. The summed E-state index contributed by atoms with van der Waals surface area (Å²) in [6.07, 6.45) is 7.72. The van der Waals surface area contributed by atoms with Crippen LogP contribution >= 0.6 is 0 Å². The van der Waals surface area contributed by atoms with Crippen LogP contribution in [0.3, 0.4) is 0 Å². The van der Waals surface area contributed by atoms with Crippen molar-refractivity contribution in [3.8, 4) is 0 Å². The van der Waals surface area contributed by atoms with Crippen LogP contribution in [0.25, 0.3) is 6.08 Å². The molecule has 1 rings (SSSR count). The van der Waals surface area contributed by atoms with Gasteiger partial charge < -0.3 is 10.2 Å². The molecule has 1 aromatic rings. The zero-order valence-corrected chi connectivity index (χ0v) is 16.6. The molecule has 0 saturated heterocycles. The van der Waals surface area contributed by atoms with Gasteiger partial charge in [-0.25, -0.2) is 9.59 Å². The van der Waals surface area contributed by atoms with E-state index in [0.29, 0.717) is 6.42 Å². The molecule has 0 unspecified atom stereocenters. The molecule has 0 radical (unpaired) electrons. The van der Waals surface area contributed by atoms with Crippen molar-refractivity contribution in [3.63, 3.8) is 0 Å². The molecule has 0 aliphatic rings. The third kappa shape index (κ3) is 18.4. The van der Waals surface area contributed by atoms with Crippen LogP contribution in [0.1, 0.15) is 31.7 Å². The van der Waals surface area contributed by atoms with E-state index in [9.17, 15) is 9.59 Å². The standard InChI is InChI=1S/C12H12O2.C4H9.C3H4O2.Na/c1-10(12(13)14)6-5-9-11-7-3-2-4-8-11;1-3-4-2;1-2-3(4)5;/h2-5,7-9H,1,6H2,(H,13,14);1,3-4H2,2H3;2H,1H2,(H,4,5);. The zero-order valence-electron chi connectivity index (χ0n) is 14.6. The molecule has 126 valence electrons. The Morgan fingerprint density at radius 3 is 2.08 bits per heavy atom. The number of carboxylic acid groups (broad SMARTS) is 2. The van der Waals surface area contributed by atoms with Gasteiger partial charge in [-0.15, -0.1) is 0 Å². The Morgan fingerprint density at radius 2 is 1.75 bits per heavy atom. The Kier molecular flexibility index (Phi) is 18.2. The molecular formula is C19H25NaO4. The van der Waals surface area contributed by atoms with Crippen LogP contribution in [0, 0.1) is 0 Å². The van der Waals surface area contributed by atoms with E-state index in [4.69, 9.17) is 10.2 Å². The Balaban J connectivity index is 0. The van der Waals surface area contributed by atoms with Gasteiger partial charge in [0.2, 0.25) is 0 Å². The number of rotatable bonds is 7. The second kappa shape index (κ2) is 17.7. The molecule has 5 heteroatoms. The molecule has 0 fully saturated rings. The van der Waals surface area contributed by atoms with Gasteiger partial charge in [-0.05, 0) is 12.0 Å². The molecule has 0 spiro atoms. The van der Waals surface area contributed by atoms with Crippen molar-refractivity contribution in [2.75, 3.05) is 0 Å². The molecule has 2 N–H and O–H groups in total. The van der Waals surface area contributed by atoms with E-state index in [0.717, 1.165) is 11.6 Å². The normalized spacial score (nSPS) is 9.12. The fraction of sp³-hybridized carbons (Fsp3) is 0.263. The van der Waals surface area contributed by atoms with Crippen molar-refractivity contribution in [1.29, 1.82) is 0 Å². The fourth-order valence-electron chi connectivity index (χ4n) is 1.34. The van der Waals surface area contributed by atoms with Gasteiger partial charge in [0.15, 0.2) is 0 Å². The molecule has 1 aromatic carbocycles. The van der Waals surface area contributed by atoms with E-state index >= 15 is 0 Å². The number of hydrogen-bond donors (Lipinski definition) is 2. The van der Waals surface area contributed by atoms with Crippen LogP contribution in [0.2, 0.25) is 3.67 Å². The summed E-state index contributed by atoms with van der Waals surface area (Å²) in [6.45, 7) is 8.63. The van der Waals surface area contributed by atoms with E-state index in [1.165, 1.54) is 44.4 Å². The number of carbonyl (C=O) groups is 2. The van der Waals surface area contributed by atoms with Crippen LogP contribution in [0.5, 0.6) is 0 Å². The van der Waals surface area contributed by atoms with Crippen molar-refractivity contribution in [2.45, 2.75) is 29.9 Å². The Hall–Kier alpha value is -1.62. The molecule has 0 aliphatic carbocycles. The summed E-state index contributed by atoms with van der Waals surface area (Å²) in [7, 11) is 0. The minimum absolute atomic E-state index is 0.206. The van der Waals surface area contributed by atoms with E-state index in [1.807, 2.05) is 36.4 Å². The van der Waals surface area contributed by atoms with Gasteiger partial charge in [-0.1, -0.05) is 55.6 Å².